The predicted molar refractivity (Wildman–Crippen MR) is 86.7 cm³/mol. The molecule has 1 amide bonds. The topological polar surface area (TPSA) is 55.1 Å². The fourth-order valence-electron chi connectivity index (χ4n) is 6.15. The zero-order chi connectivity index (χ0) is 14.7. The van der Waals surface area contributed by atoms with Crippen LogP contribution in [-0.2, 0) is 4.79 Å². The van der Waals surface area contributed by atoms with Crippen molar-refractivity contribution < 1.29 is 4.79 Å². The average molecular weight is 306 g/mol. The Morgan fingerprint density at radius 1 is 1.00 bits per heavy atom. The summed E-state index contributed by atoms with van der Waals surface area (Å²) in [7, 11) is 0. The molecule has 5 saturated carbocycles. The zero-order valence-corrected chi connectivity index (χ0v) is 13.5. The molecule has 5 fully saturated rings. The summed E-state index contributed by atoms with van der Waals surface area (Å²) in [4.78, 5) is 13.6. The van der Waals surface area contributed by atoms with Crippen LogP contribution in [0.5, 0.6) is 0 Å². The highest BCUT2D eigenvalue weighted by Crippen LogP contribution is 2.60. The maximum Gasteiger partial charge on any atom is 0.227 e. The van der Waals surface area contributed by atoms with Crippen LogP contribution in [-0.4, -0.2) is 16.4 Å². The van der Waals surface area contributed by atoms with Gasteiger partial charge in [-0.15, -0.1) is 0 Å². The van der Waals surface area contributed by atoms with E-state index in [2.05, 4.69) is 5.32 Å². The van der Waals surface area contributed by atoms with Crippen molar-refractivity contribution in [1.29, 1.82) is 0 Å². The second-order valence-corrected chi connectivity index (χ2v) is 8.75. The summed E-state index contributed by atoms with van der Waals surface area (Å²) in [6.07, 6.45) is 11.5. The van der Waals surface area contributed by atoms with Crippen LogP contribution in [0.2, 0.25) is 0 Å². The third-order valence-electron chi connectivity index (χ3n) is 6.80. The van der Waals surface area contributed by atoms with Crippen LogP contribution in [0.25, 0.3) is 0 Å². The lowest BCUT2D eigenvalue weighted by molar-refractivity contribution is -0.147. The monoisotopic (exact) mass is 306 g/mol. The van der Waals surface area contributed by atoms with Crippen molar-refractivity contribution in [2.24, 2.45) is 28.9 Å². The van der Waals surface area contributed by atoms with Gasteiger partial charge in [0.05, 0.1) is 10.5 Å². The van der Waals surface area contributed by atoms with Gasteiger partial charge in [-0.25, -0.2) is 0 Å². The van der Waals surface area contributed by atoms with E-state index in [1.54, 1.807) is 0 Å². The lowest BCUT2D eigenvalue weighted by Crippen LogP contribution is -2.61. The predicted octanol–water partition coefficient (Wildman–Crippen LogP) is 2.92. The first-order valence-corrected chi connectivity index (χ1v) is 9.05. The first kappa shape index (κ1) is 14.0. The quantitative estimate of drug-likeness (QED) is 0.788. The Morgan fingerprint density at radius 2 is 1.48 bits per heavy atom. The van der Waals surface area contributed by atoms with Crippen LogP contribution in [0, 0.1) is 23.2 Å². The highest BCUT2D eigenvalue weighted by molar-refractivity contribution is 7.80. The van der Waals surface area contributed by atoms with Gasteiger partial charge in [0, 0.05) is 5.41 Å². The molecule has 21 heavy (non-hydrogen) atoms. The number of carbonyl (C=O) groups is 1. The molecule has 0 aliphatic heterocycles. The average Bonchev–Trinajstić information content (AvgIpc) is 2.87. The molecule has 5 rings (SSSR count). The first-order valence-electron chi connectivity index (χ1n) is 8.64. The van der Waals surface area contributed by atoms with Crippen LogP contribution < -0.4 is 11.1 Å². The van der Waals surface area contributed by atoms with Gasteiger partial charge in [-0.2, -0.15) is 0 Å². The Kier molecular flexibility index (Phi) is 3.11. The van der Waals surface area contributed by atoms with E-state index in [0.717, 1.165) is 62.7 Å². The summed E-state index contributed by atoms with van der Waals surface area (Å²) >= 11 is 5.29. The minimum absolute atomic E-state index is 0.0882. The third-order valence-corrected chi connectivity index (χ3v) is 7.19. The van der Waals surface area contributed by atoms with E-state index in [1.165, 1.54) is 19.3 Å². The Labute approximate surface area is 132 Å². The van der Waals surface area contributed by atoms with Gasteiger partial charge in [-0.1, -0.05) is 25.1 Å². The number of rotatable bonds is 3. The summed E-state index contributed by atoms with van der Waals surface area (Å²) in [5.74, 6) is 2.67. The van der Waals surface area contributed by atoms with Crippen molar-refractivity contribution in [3.8, 4) is 0 Å². The van der Waals surface area contributed by atoms with Crippen molar-refractivity contribution in [3.05, 3.63) is 0 Å². The van der Waals surface area contributed by atoms with E-state index in [9.17, 15) is 4.79 Å². The maximum atomic E-state index is 13.1. The summed E-state index contributed by atoms with van der Waals surface area (Å²) in [5.41, 5.74) is 5.52. The highest BCUT2D eigenvalue weighted by Gasteiger charge is 2.55. The van der Waals surface area contributed by atoms with Crippen molar-refractivity contribution in [2.45, 2.75) is 69.7 Å². The maximum absolute atomic E-state index is 13.1. The zero-order valence-electron chi connectivity index (χ0n) is 12.7. The number of thiocarbonyl (C=S) groups is 1. The van der Waals surface area contributed by atoms with Crippen LogP contribution in [0.4, 0.5) is 0 Å². The molecule has 0 spiro atoms. The molecule has 0 aromatic carbocycles. The van der Waals surface area contributed by atoms with E-state index in [0.29, 0.717) is 4.99 Å². The normalized spacial score (nSPS) is 43.0. The van der Waals surface area contributed by atoms with E-state index >= 15 is 0 Å². The Morgan fingerprint density at radius 3 is 1.90 bits per heavy atom. The van der Waals surface area contributed by atoms with Crippen LogP contribution in [0.15, 0.2) is 0 Å². The van der Waals surface area contributed by atoms with E-state index < -0.39 is 0 Å². The Hall–Kier alpha value is -0.640. The molecular weight excluding hydrogens is 280 g/mol. The molecular formula is C17H26N2OS. The van der Waals surface area contributed by atoms with E-state index in [-0.39, 0.29) is 16.9 Å². The number of carbonyl (C=O) groups excluding carboxylic acids is 1. The number of nitrogens with one attached hydrogen (secondary N) is 1. The van der Waals surface area contributed by atoms with Crippen LogP contribution >= 0.6 is 12.2 Å². The van der Waals surface area contributed by atoms with Gasteiger partial charge in [0.25, 0.3) is 0 Å². The summed E-state index contributed by atoms with van der Waals surface area (Å²) in [5, 5.41) is 3.34. The van der Waals surface area contributed by atoms with Crippen molar-refractivity contribution in [3.63, 3.8) is 0 Å². The van der Waals surface area contributed by atoms with Gasteiger partial charge in [0.2, 0.25) is 5.91 Å². The van der Waals surface area contributed by atoms with Gasteiger partial charge in [0.15, 0.2) is 0 Å². The molecule has 0 atom stereocenters. The molecule has 5 aliphatic carbocycles. The smallest absolute Gasteiger partial charge is 0.227 e. The number of hydrogen-bond donors (Lipinski definition) is 2. The molecule has 4 bridgehead atoms. The molecule has 0 unspecified atom stereocenters. The molecule has 0 heterocycles. The fraction of sp³-hybridized carbons (Fsp3) is 0.882. The van der Waals surface area contributed by atoms with Gasteiger partial charge < -0.3 is 11.1 Å². The highest BCUT2D eigenvalue weighted by atomic mass is 32.1. The van der Waals surface area contributed by atoms with Crippen molar-refractivity contribution in [2.75, 3.05) is 0 Å². The Balaban J connectivity index is 1.56. The summed E-state index contributed by atoms with van der Waals surface area (Å²) in [6, 6.07) is 0. The molecule has 0 saturated heterocycles. The van der Waals surface area contributed by atoms with Crippen LogP contribution in [0.1, 0.15) is 64.2 Å². The largest absolute Gasteiger partial charge is 0.391 e. The van der Waals surface area contributed by atoms with Crippen molar-refractivity contribution >= 4 is 23.1 Å². The molecule has 4 heteroatoms. The summed E-state index contributed by atoms with van der Waals surface area (Å²) in [6.45, 7) is 0. The van der Waals surface area contributed by atoms with E-state index in [4.69, 9.17) is 18.0 Å². The molecule has 0 aromatic rings. The molecule has 116 valence electrons. The lowest BCUT2D eigenvalue weighted by Gasteiger charge is -2.56. The van der Waals surface area contributed by atoms with Gasteiger partial charge in [-0.05, 0) is 69.1 Å². The summed E-state index contributed by atoms with van der Waals surface area (Å²) < 4.78 is 0. The molecule has 3 N–H and O–H groups in total. The van der Waals surface area contributed by atoms with Gasteiger partial charge >= 0.3 is 0 Å². The Bertz CT molecular complexity index is 446. The second-order valence-electron chi connectivity index (χ2n) is 8.31. The van der Waals surface area contributed by atoms with Crippen molar-refractivity contribution in [1.82, 2.24) is 5.32 Å². The number of hydrogen-bond acceptors (Lipinski definition) is 2. The minimum atomic E-state index is -0.379. The standard InChI is InChI=1S/C17H26N2OS/c18-14(21)17(3-1-2-4-17)19-15(20)16-8-11-5-12(9-16)7-13(6-11)10-16/h11-13H,1-10H2,(H2,18,21)(H,19,20). The molecule has 0 aromatic heterocycles. The fourth-order valence-corrected chi connectivity index (χ4v) is 6.41. The van der Waals surface area contributed by atoms with Gasteiger partial charge in [-0.3, -0.25) is 4.79 Å². The van der Waals surface area contributed by atoms with Gasteiger partial charge in [0.1, 0.15) is 0 Å². The number of nitrogens with two attached hydrogens (primary N) is 1. The van der Waals surface area contributed by atoms with Crippen LogP contribution in [0.3, 0.4) is 0 Å². The minimum Gasteiger partial charge on any atom is -0.391 e. The lowest BCUT2D eigenvalue weighted by atomic mass is 9.49. The molecule has 5 aliphatic rings. The molecule has 3 nitrogen and oxygen atoms in total. The first-order chi connectivity index (χ1) is 10.0. The second kappa shape index (κ2) is 4.68. The van der Waals surface area contributed by atoms with E-state index in [1.807, 2.05) is 0 Å². The number of amides is 1. The SMILES string of the molecule is NC(=S)C1(NC(=O)C23CC4CC(CC(C4)C2)C3)CCCC1. The molecule has 0 radical (unpaired) electrons. The third kappa shape index (κ3) is 2.13.